The van der Waals surface area contributed by atoms with E-state index in [-0.39, 0.29) is 23.7 Å². The molecule has 8 nitrogen and oxygen atoms in total. The number of hydrogen-bond acceptors (Lipinski definition) is 5. The summed E-state index contributed by atoms with van der Waals surface area (Å²) in [6.07, 6.45) is 3.06. The van der Waals surface area contributed by atoms with Crippen LogP contribution in [-0.2, 0) is 0 Å². The fourth-order valence-electron chi connectivity index (χ4n) is 2.87. The average Bonchev–Trinajstić information content (AvgIpc) is 3.17. The molecule has 8 heteroatoms. The van der Waals surface area contributed by atoms with Crippen molar-refractivity contribution in [3.8, 4) is 5.69 Å². The van der Waals surface area contributed by atoms with Crippen molar-refractivity contribution in [2.75, 3.05) is 10.6 Å². The highest BCUT2D eigenvalue weighted by molar-refractivity contribution is 6.05. The van der Waals surface area contributed by atoms with Gasteiger partial charge in [0.25, 0.3) is 17.8 Å². The molecular weight excluding hydrogens is 380 g/mol. The van der Waals surface area contributed by atoms with Crippen LogP contribution < -0.4 is 10.6 Å². The highest BCUT2D eigenvalue weighted by Gasteiger charge is 2.18. The number of hydrogen-bond donors (Lipinski definition) is 2. The van der Waals surface area contributed by atoms with Crippen molar-refractivity contribution in [1.82, 2.24) is 19.7 Å². The second-order valence-corrected chi connectivity index (χ2v) is 6.47. The number of rotatable bonds is 5. The molecular formula is C22H18N6O2. The molecule has 2 N–H and O–H groups in total. The van der Waals surface area contributed by atoms with E-state index in [0.717, 1.165) is 5.56 Å². The van der Waals surface area contributed by atoms with E-state index in [1.165, 1.54) is 17.1 Å². The van der Waals surface area contributed by atoms with E-state index in [1.54, 1.807) is 24.3 Å². The number of carbonyl (C=O) groups is 2. The standard InChI is InChI=1S/C22H18N6O2/c1-15-7-5-6-10-18(15)20(30)24-21-26-22(25-19(29)16-11-13-23-14-12-16)28(27-21)17-8-3-2-4-9-17/h2-14H,1H3,(H2,24,25,26,27,29,30). The van der Waals surface area contributed by atoms with Crippen molar-refractivity contribution in [2.24, 2.45) is 0 Å². The smallest absolute Gasteiger partial charge is 0.258 e. The molecule has 2 heterocycles. The molecule has 0 saturated carbocycles. The van der Waals surface area contributed by atoms with Crippen LogP contribution in [0.2, 0.25) is 0 Å². The van der Waals surface area contributed by atoms with Crippen LogP contribution in [0.1, 0.15) is 26.3 Å². The molecule has 2 aromatic heterocycles. The van der Waals surface area contributed by atoms with E-state index in [4.69, 9.17) is 0 Å². The molecule has 0 radical (unpaired) electrons. The second-order valence-electron chi connectivity index (χ2n) is 6.47. The van der Waals surface area contributed by atoms with Crippen LogP contribution in [0, 0.1) is 6.92 Å². The fourth-order valence-corrected chi connectivity index (χ4v) is 2.87. The Morgan fingerprint density at radius 1 is 0.833 bits per heavy atom. The summed E-state index contributed by atoms with van der Waals surface area (Å²) in [5, 5.41) is 9.81. The van der Waals surface area contributed by atoms with E-state index in [0.29, 0.717) is 16.8 Å². The zero-order chi connectivity index (χ0) is 20.9. The summed E-state index contributed by atoms with van der Waals surface area (Å²) >= 11 is 0. The normalized spacial score (nSPS) is 10.4. The number of benzene rings is 2. The lowest BCUT2D eigenvalue weighted by Crippen LogP contribution is -2.16. The number of aryl methyl sites for hydroxylation is 1. The van der Waals surface area contributed by atoms with Gasteiger partial charge in [0.2, 0.25) is 5.95 Å². The number of anilines is 2. The van der Waals surface area contributed by atoms with Crippen molar-refractivity contribution >= 4 is 23.7 Å². The van der Waals surface area contributed by atoms with Gasteiger partial charge in [0.15, 0.2) is 0 Å². The molecule has 4 rings (SSSR count). The Labute approximate surface area is 172 Å². The Morgan fingerprint density at radius 2 is 1.53 bits per heavy atom. The maximum atomic E-state index is 12.6. The number of amides is 2. The van der Waals surface area contributed by atoms with Gasteiger partial charge in [0, 0.05) is 23.5 Å². The fraction of sp³-hybridized carbons (Fsp3) is 0.0455. The highest BCUT2D eigenvalue weighted by Crippen LogP contribution is 2.18. The lowest BCUT2D eigenvalue weighted by molar-refractivity contribution is 0.101. The third-order valence-corrected chi connectivity index (χ3v) is 4.39. The van der Waals surface area contributed by atoms with Gasteiger partial charge in [-0.1, -0.05) is 36.4 Å². The quantitative estimate of drug-likeness (QED) is 0.536. The molecule has 0 saturated heterocycles. The predicted octanol–water partition coefficient (Wildman–Crippen LogP) is 3.48. The average molecular weight is 398 g/mol. The van der Waals surface area contributed by atoms with Crippen molar-refractivity contribution in [1.29, 1.82) is 0 Å². The molecule has 2 aromatic carbocycles. The first-order valence-electron chi connectivity index (χ1n) is 9.22. The molecule has 0 atom stereocenters. The van der Waals surface area contributed by atoms with Crippen molar-refractivity contribution in [3.63, 3.8) is 0 Å². The summed E-state index contributed by atoms with van der Waals surface area (Å²) in [6, 6.07) is 19.6. The van der Waals surface area contributed by atoms with Crippen LogP contribution in [0.4, 0.5) is 11.9 Å². The van der Waals surface area contributed by atoms with E-state index in [9.17, 15) is 9.59 Å². The Hall–Kier alpha value is -4.33. The minimum absolute atomic E-state index is 0.0807. The topological polar surface area (TPSA) is 102 Å². The number of nitrogens with zero attached hydrogens (tertiary/aromatic N) is 4. The van der Waals surface area contributed by atoms with Gasteiger partial charge in [-0.05, 0) is 42.8 Å². The molecule has 0 fully saturated rings. The summed E-state index contributed by atoms with van der Waals surface area (Å²) in [7, 11) is 0. The highest BCUT2D eigenvalue weighted by atomic mass is 16.2. The maximum absolute atomic E-state index is 12.6. The monoisotopic (exact) mass is 398 g/mol. The lowest BCUT2D eigenvalue weighted by Gasteiger charge is -2.06. The van der Waals surface area contributed by atoms with E-state index < -0.39 is 0 Å². The van der Waals surface area contributed by atoms with Crippen LogP contribution in [0.25, 0.3) is 5.69 Å². The van der Waals surface area contributed by atoms with Crippen LogP contribution in [0.15, 0.2) is 79.1 Å². The van der Waals surface area contributed by atoms with Gasteiger partial charge in [-0.15, -0.1) is 5.10 Å². The van der Waals surface area contributed by atoms with Crippen LogP contribution >= 0.6 is 0 Å². The third kappa shape index (κ3) is 4.07. The first-order chi connectivity index (χ1) is 14.6. The number of para-hydroxylation sites is 1. The summed E-state index contributed by atoms with van der Waals surface area (Å²) < 4.78 is 1.46. The van der Waals surface area contributed by atoms with Gasteiger partial charge in [-0.2, -0.15) is 9.67 Å². The molecule has 148 valence electrons. The Kier molecular flexibility index (Phi) is 5.29. The van der Waals surface area contributed by atoms with Gasteiger partial charge in [-0.3, -0.25) is 25.2 Å². The first-order valence-corrected chi connectivity index (χ1v) is 9.22. The van der Waals surface area contributed by atoms with E-state index >= 15 is 0 Å². The van der Waals surface area contributed by atoms with Crippen LogP contribution in [-0.4, -0.2) is 31.6 Å². The van der Waals surface area contributed by atoms with Crippen molar-refractivity contribution in [3.05, 3.63) is 95.8 Å². The summed E-state index contributed by atoms with van der Waals surface area (Å²) in [6.45, 7) is 1.85. The molecule has 4 aromatic rings. The molecule has 0 aliphatic carbocycles. The minimum Gasteiger partial charge on any atom is -0.290 e. The lowest BCUT2D eigenvalue weighted by atomic mass is 10.1. The molecule has 0 unspecified atom stereocenters. The maximum Gasteiger partial charge on any atom is 0.258 e. The summed E-state index contributed by atoms with van der Waals surface area (Å²) in [5.41, 5.74) is 2.48. The minimum atomic E-state index is -0.362. The number of pyridine rings is 1. The first kappa shape index (κ1) is 19.0. The number of nitrogens with one attached hydrogen (secondary N) is 2. The van der Waals surface area contributed by atoms with Crippen molar-refractivity contribution in [2.45, 2.75) is 6.92 Å². The molecule has 0 spiro atoms. The largest absolute Gasteiger partial charge is 0.290 e. The molecule has 0 bridgehead atoms. The van der Waals surface area contributed by atoms with Gasteiger partial charge >= 0.3 is 0 Å². The van der Waals surface area contributed by atoms with Crippen LogP contribution in [0.3, 0.4) is 0 Å². The third-order valence-electron chi connectivity index (χ3n) is 4.39. The van der Waals surface area contributed by atoms with E-state index in [1.807, 2.05) is 49.4 Å². The molecule has 2 amide bonds. The van der Waals surface area contributed by atoms with Gasteiger partial charge in [-0.25, -0.2) is 0 Å². The van der Waals surface area contributed by atoms with Crippen LogP contribution in [0.5, 0.6) is 0 Å². The SMILES string of the molecule is Cc1ccccc1C(=O)Nc1nc(NC(=O)c2ccncc2)n(-c2ccccc2)n1. The zero-order valence-corrected chi connectivity index (χ0v) is 16.1. The predicted molar refractivity (Wildman–Crippen MR) is 113 cm³/mol. The summed E-state index contributed by atoms with van der Waals surface area (Å²) in [4.78, 5) is 33.5. The Balaban J connectivity index is 1.65. The number of aromatic nitrogens is 4. The Morgan fingerprint density at radius 3 is 2.27 bits per heavy atom. The van der Waals surface area contributed by atoms with Crippen molar-refractivity contribution < 1.29 is 9.59 Å². The molecule has 0 aliphatic heterocycles. The molecule has 0 aliphatic rings. The van der Waals surface area contributed by atoms with Gasteiger partial charge in [0.05, 0.1) is 5.69 Å². The van der Waals surface area contributed by atoms with Gasteiger partial charge < -0.3 is 0 Å². The zero-order valence-electron chi connectivity index (χ0n) is 16.1. The Bertz CT molecular complexity index is 1190. The molecule has 30 heavy (non-hydrogen) atoms. The van der Waals surface area contributed by atoms with E-state index in [2.05, 4.69) is 25.7 Å². The van der Waals surface area contributed by atoms with Gasteiger partial charge in [0.1, 0.15) is 0 Å². The summed E-state index contributed by atoms with van der Waals surface area (Å²) in [5.74, 6) is -0.427. The number of carbonyl (C=O) groups excluding carboxylic acids is 2. The second kappa shape index (κ2) is 8.36.